The number of nitrogens with one attached hydrogen (secondary N) is 1. The maximum Gasteiger partial charge on any atom is 0.336 e. The first-order chi connectivity index (χ1) is 10.5. The van der Waals surface area contributed by atoms with Crippen molar-refractivity contribution in [1.82, 2.24) is 5.32 Å². The molecular formula is C16H21NO5. The lowest BCUT2D eigenvalue weighted by Gasteiger charge is -2.35. The van der Waals surface area contributed by atoms with Crippen LogP contribution in [0.1, 0.15) is 32.3 Å². The van der Waals surface area contributed by atoms with E-state index in [1.54, 1.807) is 19.1 Å². The van der Waals surface area contributed by atoms with E-state index in [9.17, 15) is 9.59 Å². The minimum atomic E-state index is -1.03. The third-order valence-corrected chi connectivity index (χ3v) is 3.19. The smallest absolute Gasteiger partial charge is 0.336 e. The van der Waals surface area contributed by atoms with Gasteiger partial charge >= 0.3 is 5.97 Å². The van der Waals surface area contributed by atoms with Gasteiger partial charge in [0.25, 0.3) is 0 Å². The molecule has 0 spiro atoms. The second-order valence-electron chi connectivity index (χ2n) is 5.22. The lowest BCUT2D eigenvalue weighted by atomic mass is 9.91. The SMILES string of the molecule is CCOC(=O)[C@H]1O[C@H](OC(C)C)NC(=O)[C@@H]1c1ccccc1. The van der Waals surface area contributed by atoms with Gasteiger partial charge in [-0.25, -0.2) is 4.79 Å². The van der Waals surface area contributed by atoms with Crippen molar-refractivity contribution in [3.63, 3.8) is 0 Å². The van der Waals surface area contributed by atoms with E-state index in [1.807, 2.05) is 32.0 Å². The van der Waals surface area contributed by atoms with Crippen molar-refractivity contribution in [2.75, 3.05) is 6.61 Å². The largest absolute Gasteiger partial charge is 0.464 e. The predicted molar refractivity (Wildman–Crippen MR) is 78.8 cm³/mol. The highest BCUT2D eigenvalue weighted by atomic mass is 16.7. The highest BCUT2D eigenvalue weighted by Crippen LogP contribution is 2.28. The Morgan fingerprint density at radius 2 is 2.00 bits per heavy atom. The normalized spacial score (nSPS) is 24.9. The quantitative estimate of drug-likeness (QED) is 0.836. The molecule has 1 saturated heterocycles. The Morgan fingerprint density at radius 1 is 1.32 bits per heavy atom. The molecule has 0 aromatic heterocycles. The van der Waals surface area contributed by atoms with Gasteiger partial charge in [0.1, 0.15) is 5.92 Å². The number of carbonyl (C=O) groups is 2. The maximum atomic E-state index is 12.4. The zero-order valence-corrected chi connectivity index (χ0v) is 12.9. The third-order valence-electron chi connectivity index (χ3n) is 3.19. The molecule has 22 heavy (non-hydrogen) atoms. The molecule has 1 aliphatic rings. The fourth-order valence-corrected chi connectivity index (χ4v) is 2.31. The molecular weight excluding hydrogens is 286 g/mol. The van der Waals surface area contributed by atoms with Crippen molar-refractivity contribution < 1.29 is 23.8 Å². The summed E-state index contributed by atoms with van der Waals surface area (Å²) in [5.41, 5.74) is 0.695. The third kappa shape index (κ3) is 3.84. The van der Waals surface area contributed by atoms with Crippen molar-refractivity contribution >= 4 is 11.9 Å². The zero-order valence-electron chi connectivity index (χ0n) is 12.9. The first-order valence-electron chi connectivity index (χ1n) is 7.35. The molecule has 1 heterocycles. The van der Waals surface area contributed by atoms with Crippen LogP contribution in [0, 0.1) is 0 Å². The van der Waals surface area contributed by atoms with Crippen molar-refractivity contribution in [2.45, 2.75) is 45.3 Å². The van der Waals surface area contributed by atoms with Gasteiger partial charge in [-0.05, 0) is 26.3 Å². The summed E-state index contributed by atoms with van der Waals surface area (Å²) in [5, 5.41) is 2.63. The number of rotatable bonds is 5. The van der Waals surface area contributed by atoms with Gasteiger partial charge in [0.2, 0.25) is 12.3 Å². The lowest BCUT2D eigenvalue weighted by molar-refractivity contribution is -0.231. The lowest BCUT2D eigenvalue weighted by Crippen LogP contribution is -2.55. The summed E-state index contributed by atoms with van der Waals surface area (Å²) in [4.78, 5) is 24.6. The van der Waals surface area contributed by atoms with Crippen molar-refractivity contribution in [2.24, 2.45) is 0 Å². The highest BCUT2D eigenvalue weighted by molar-refractivity contribution is 5.92. The molecule has 1 amide bonds. The molecule has 120 valence electrons. The van der Waals surface area contributed by atoms with Gasteiger partial charge in [-0.15, -0.1) is 0 Å². The number of hydrogen-bond donors (Lipinski definition) is 1. The number of esters is 1. The molecule has 2 rings (SSSR count). The van der Waals surface area contributed by atoms with E-state index in [4.69, 9.17) is 14.2 Å². The minimum absolute atomic E-state index is 0.151. The van der Waals surface area contributed by atoms with Crippen molar-refractivity contribution in [1.29, 1.82) is 0 Å². The molecule has 1 fully saturated rings. The molecule has 0 saturated carbocycles. The molecule has 0 unspecified atom stereocenters. The molecule has 1 aliphatic heterocycles. The van der Waals surface area contributed by atoms with E-state index in [0.29, 0.717) is 5.56 Å². The first-order valence-corrected chi connectivity index (χ1v) is 7.35. The van der Waals surface area contributed by atoms with E-state index in [-0.39, 0.29) is 18.6 Å². The average Bonchev–Trinajstić information content (AvgIpc) is 2.47. The van der Waals surface area contributed by atoms with E-state index in [1.165, 1.54) is 0 Å². The Kier molecular flexibility index (Phi) is 5.51. The van der Waals surface area contributed by atoms with Crippen LogP contribution in [0.4, 0.5) is 0 Å². The van der Waals surface area contributed by atoms with Gasteiger partial charge in [-0.3, -0.25) is 4.79 Å². The Balaban J connectivity index is 2.26. The van der Waals surface area contributed by atoms with E-state index < -0.39 is 24.4 Å². The average molecular weight is 307 g/mol. The fraction of sp³-hybridized carbons (Fsp3) is 0.500. The Bertz CT molecular complexity index is 517. The molecule has 0 radical (unpaired) electrons. The summed E-state index contributed by atoms with van der Waals surface area (Å²) in [6.07, 6.45) is -2.14. The van der Waals surface area contributed by atoms with Crippen molar-refractivity contribution in [3.05, 3.63) is 35.9 Å². The van der Waals surface area contributed by atoms with Gasteiger partial charge in [-0.1, -0.05) is 30.3 Å². The molecule has 1 aromatic rings. The molecule has 1 N–H and O–H groups in total. The van der Waals surface area contributed by atoms with Crippen LogP contribution in [0.15, 0.2) is 30.3 Å². The molecule has 1 aromatic carbocycles. The Hall–Kier alpha value is -1.92. The van der Waals surface area contributed by atoms with Crippen LogP contribution < -0.4 is 5.32 Å². The summed E-state index contributed by atoms with van der Waals surface area (Å²) >= 11 is 0. The highest BCUT2D eigenvalue weighted by Gasteiger charge is 2.44. The Morgan fingerprint density at radius 3 is 2.59 bits per heavy atom. The van der Waals surface area contributed by atoms with Crippen molar-refractivity contribution in [3.8, 4) is 0 Å². The van der Waals surface area contributed by atoms with E-state index in [0.717, 1.165) is 0 Å². The minimum Gasteiger partial charge on any atom is -0.464 e. The van der Waals surface area contributed by atoms with E-state index >= 15 is 0 Å². The van der Waals surface area contributed by atoms with Crippen LogP contribution in [0.5, 0.6) is 0 Å². The van der Waals surface area contributed by atoms with E-state index in [2.05, 4.69) is 5.32 Å². The van der Waals surface area contributed by atoms with Crippen LogP contribution in [0.25, 0.3) is 0 Å². The first kappa shape index (κ1) is 16.5. The van der Waals surface area contributed by atoms with Gasteiger partial charge < -0.3 is 19.5 Å². The summed E-state index contributed by atoms with van der Waals surface area (Å²) in [6, 6.07) is 9.02. The number of benzene rings is 1. The summed E-state index contributed by atoms with van der Waals surface area (Å²) in [6.45, 7) is 5.56. The standard InChI is InChI=1S/C16H21NO5/c1-4-20-15(19)13-12(11-8-6-5-7-9-11)14(18)17-16(22-13)21-10(2)3/h5-10,12-13,16H,4H2,1-3H3,(H,17,18)/t12-,13+,16+/m1/s1. The summed E-state index contributed by atoms with van der Waals surface area (Å²) in [7, 11) is 0. The number of ether oxygens (including phenoxy) is 3. The van der Waals surface area contributed by atoms with Crippen LogP contribution in [0.3, 0.4) is 0 Å². The molecule has 3 atom stereocenters. The molecule has 6 heteroatoms. The monoisotopic (exact) mass is 307 g/mol. The topological polar surface area (TPSA) is 73.9 Å². The van der Waals surface area contributed by atoms with Gasteiger partial charge in [0.15, 0.2) is 6.10 Å². The van der Waals surface area contributed by atoms with Crippen LogP contribution in [0.2, 0.25) is 0 Å². The molecule has 0 bridgehead atoms. The van der Waals surface area contributed by atoms with Gasteiger partial charge in [0.05, 0.1) is 12.7 Å². The number of carbonyl (C=O) groups excluding carboxylic acids is 2. The number of hydrogen-bond acceptors (Lipinski definition) is 5. The number of amides is 1. The predicted octanol–water partition coefficient (Wildman–Crippen LogP) is 1.56. The second kappa shape index (κ2) is 7.38. The summed E-state index contributed by atoms with van der Waals surface area (Å²) in [5.74, 6) is -1.64. The van der Waals surface area contributed by atoms with Crippen LogP contribution in [-0.4, -0.2) is 37.1 Å². The maximum absolute atomic E-state index is 12.4. The molecule has 6 nitrogen and oxygen atoms in total. The zero-order chi connectivity index (χ0) is 16.1. The Labute approximate surface area is 129 Å². The van der Waals surface area contributed by atoms with Gasteiger partial charge in [0, 0.05) is 0 Å². The van der Waals surface area contributed by atoms with Crippen LogP contribution >= 0.6 is 0 Å². The van der Waals surface area contributed by atoms with Gasteiger partial charge in [-0.2, -0.15) is 0 Å². The summed E-state index contributed by atoms with van der Waals surface area (Å²) < 4.78 is 16.1. The fourth-order valence-electron chi connectivity index (χ4n) is 2.31. The second-order valence-corrected chi connectivity index (χ2v) is 5.22. The molecule has 0 aliphatic carbocycles. The van der Waals surface area contributed by atoms with Crippen LogP contribution in [-0.2, 0) is 23.8 Å².